The molecule has 2 heterocycles. The van der Waals surface area contributed by atoms with Gasteiger partial charge in [-0.25, -0.2) is 8.42 Å². The Kier molecular flexibility index (Phi) is 8.15. The van der Waals surface area contributed by atoms with Crippen molar-refractivity contribution in [3.63, 3.8) is 0 Å². The SMILES string of the molecule is O=C(c1cccc(NS(=O)(=O)c2cccs2)c1)N1CCN(CCCOCC(F)(F)F)CC1. The van der Waals surface area contributed by atoms with Crippen LogP contribution in [0.1, 0.15) is 16.8 Å². The lowest BCUT2D eigenvalue weighted by molar-refractivity contribution is -0.174. The molecule has 1 saturated heterocycles. The van der Waals surface area contributed by atoms with Gasteiger partial charge in [-0.3, -0.25) is 14.4 Å². The van der Waals surface area contributed by atoms with Crippen molar-refractivity contribution in [1.29, 1.82) is 0 Å². The number of piperazine rings is 1. The molecule has 0 unspecified atom stereocenters. The Morgan fingerprint density at radius 2 is 1.88 bits per heavy atom. The first-order chi connectivity index (χ1) is 15.1. The molecule has 0 bridgehead atoms. The summed E-state index contributed by atoms with van der Waals surface area (Å²) in [6.07, 6.45) is -3.83. The lowest BCUT2D eigenvalue weighted by Crippen LogP contribution is -2.49. The monoisotopic (exact) mass is 491 g/mol. The van der Waals surface area contributed by atoms with E-state index in [2.05, 4.69) is 14.4 Å². The van der Waals surface area contributed by atoms with Crippen LogP contribution in [0.25, 0.3) is 0 Å². The minimum atomic E-state index is -4.31. The van der Waals surface area contributed by atoms with Gasteiger partial charge in [-0.15, -0.1) is 11.3 Å². The van der Waals surface area contributed by atoms with Gasteiger partial charge in [-0.2, -0.15) is 13.2 Å². The smallest absolute Gasteiger partial charge is 0.372 e. The molecule has 1 N–H and O–H groups in total. The predicted octanol–water partition coefficient (Wildman–Crippen LogP) is 3.28. The Labute approximate surface area is 188 Å². The van der Waals surface area contributed by atoms with Crippen molar-refractivity contribution in [3.05, 3.63) is 47.3 Å². The molecule has 0 atom stereocenters. The Hall–Kier alpha value is -2.15. The molecular weight excluding hydrogens is 467 g/mol. The second kappa shape index (κ2) is 10.6. The van der Waals surface area contributed by atoms with E-state index < -0.39 is 22.8 Å². The van der Waals surface area contributed by atoms with E-state index in [1.54, 1.807) is 34.5 Å². The molecule has 1 amide bonds. The van der Waals surface area contributed by atoms with Gasteiger partial charge in [-0.05, 0) is 36.1 Å². The number of carbonyl (C=O) groups excluding carboxylic acids is 1. The van der Waals surface area contributed by atoms with Crippen LogP contribution in [-0.2, 0) is 14.8 Å². The summed E-state index contributed by atoms with van der Waals surface area (Å²) in [6.45, 7) is 1.57. The molecule has 1 aromatic carbocycles. The lowest BCUT2D eigenvalue weighted by atomic mass is 10.1. The average molecular weight is 492 g/mol. The molecule has 1 fully saturated rings. The van der Waals surface area contributed by atoms with Gasteiger partial charge in [0.1, 0.15) is 10.8 Å². The number of alkyl halides is 3. The summed E-state index contributed by atoms with van der Waals surface area (Å²) in [7, 11) is -3.70. The number of amides is 1. The lowest BCUT2D eigenvalue weighted by Gasteiger charge is -2.34. The van der Waals surface area contributed by atoms with Crippen molar-refractivity contribution in [2.24, 2.45) is 0 Å². The number of thiophene rings is 1. The van der Waals surface area contributed by atoms with E-state index in [9.17, 15) is 26.4 Å². The van der Waals surface area contributed by atoms with Gasteiger partial charge in [0.05, 0.1) is 0 Å². The van der Waals surface area contributed by atoms with Crippen molar-refractivity contribution in [3.8, 4) is 0 Å². The molecule has 12 heteroatoms. The van der Waals surface area contributed by atoms with Crippen LogP contribution in [0.15, 0.2) is 46.0 Å². The topological polar surface area (TPSA) is 79.0 Å². The zero-order chi connectivity index (χ0) is 23.2. The third-order valence-corrected chi connectivity index (χ3v) is 7.59. The fraction of sp³-hybridized carbons (Fsp3) is 0.450. The first kappa shape index (κ1) is 24.5. The zero-order valence-electron chi connectivity index (χ0n) is 17.2. The minimum absolute atomic E-state index is 0.0346. The van der Waals surface area contributed by atoms with E-state index in [1.165, 1.54) is 12.1 Å². The Morgan fingerprint density at radius 1 is 1.12 bits per heavy atom. The van der Waals surface area contributed by atoms with Crippen LogP contribution in [0.2, 0.25) is 0 Å². The molecule has 0 saturated carbocycles. The molecule has 32 heavy (non-hydrogen) atoms. The summed E-state index contributed by atoms with van der Waals surface area (Å²) >= 11 is 1.10. The molecule has 7 nitrogen and oxygen atoms in total. The molecule has 0 spiro atoms. The van der Waals surface area contributed by atoms with Crippen molar-refractivity contribution in [2.75, 3.05) is 50.7 Å². The number of ether oxygens (including phenoxy) is 1. The summed E-state index contributed by atoms with van der Waals surface area (Å²) < 4.78 is 68.3. The number of hydrogen-bond donors (Lipinski definition) is 1. The van der Waals surface area contributed by atoms with E-state index in [0.29, 0.717) is 50.4 Å². The highest BCUT2D eigenvalue weighted by Gasteiger charge is 2.27. The number of nitrogens with one attached hydrogen (secondary N) is 1. The molecule has 0 aliphatic carbocycles. The number of anilines is 1. The summed E-state index contributed by atoms with van der Waals surface area (Å²) in [5, 5.41) is 1.67. The minimum Gasteiger partial charge on any atom is -0.372 e. The highest BCUT2D eigenvalue weighted by atomic mass is 32.2. The van der Waals surface area contributed by atoms with Crippen molar-refractivity contribution in [1.82, 2.24) is 9.80 Å². The Bertz CT molecular complexity index is 990. The summed E-state index contributed by atoms with van der Waals surface area (Å²) in [6, 6.07) is 9.50. The second-order valence-corrected chi connectivity index (χ2v) is 10.1. The highest BCUT2D eigenvalue weighted by molar-refractivity contribution is 7.94. The number of rotatable bonds is 9. The fourth-order valence-corrected chi connectivity index (χ4v) is 5.32. The summed E-state index contributed by atoms with van der Waals surface area (Å²) in [5.74, 6) is -0.199. The third kappa shape index (κ3) is 7.19. The molecule has 1 aliphatic rings. The quantitative estimate of drug-likeness (QED) is 0.545. The molecule has 2 aromatic rings. The van der Waals surface area contributed by atoms with Crippen LogP contribution in [0.5, 0.6) is 0 Å². The zero-order valence-corrected chi connectivity index (χ0v) is 18.8. The first-order valence-electron chi connectivity index (χ1n) is 9.96. The van der Waals surface area contributed by atoms with Crippen LogP contribution in [-0.4, -0.2) is 76.2 Å². The van der Waals surface area contributed by atoms with Gasteiger partial charge in [0, 0.05) is 50.6 Å². The first-order valence-corrected chi connectivity index (χ1v) is 12.3. The molecule has 3 rings (SSSR count). The van der Waals surface area contributed by atoms with Crippen molar-refractivity contribution in [2.45, 2.75) is 16.8 Å². The standard InChI is InChI=1S/C20H24F3N3O4S2/c21-20(22,23)15-30-12-3-7-25-8-10-26(11-9-25)19(27)16-4-1-5-17(14-16)24-32(28,29)18-6-2-13-31-18/h1-2,4-6,13-14,24H,3,7-12,15H2. The van der Waals surface area contributed by atoms with Gasteiger partial charge in [0.15, 0.2) is 0 Å². The van der Waals surface area contributed by atoms with Crippen LogP contribution < -0.4 is 4.72 Å². The summed E-state index contributed by atoms with van der Waals surface area (Å²) in [4.78, 5) is 16.6. The van der Waals surface area contributed by atoms with E-state index in [0.717, 1.165) is 11.3 Å². The van der Waals surface area contributed by atoms with Gasteiger partial charge < -0.3 is 9.64 Å². The van der Waals surface area contributed by atoms with E-state index in [-0.39, 0.29) is 16.7 Å². The van der Waals surface area contributed by atoms with Crippen LogP contribution in [0.4, 0.5) is 18.9 Å². The molecular formula is C20H24F3N3O4S2. The van der Waals surface area contributed by atoms with Gasteiger partial charge in [0.2, 0.25) is 0 Å². The second-order valence-electron chi connectivity index (χ2n) is 7.27. The Balaban J connectivity index is 1.47. The van der Waals surface area contributed by atoms with Crippen LogP contribution in [0, 0.1) is 0 Å². The van der Waals surface area contributed by atoms with Gasteiger partial charge in [-0.1, -0.05) is 12.1 Å². The maximum Gasteiger partial charge on any atom is 0.411 e. The van der Waals surface area contributed by atoms with E-state index >= 15 is 0 Å². The number of benzene rings is 1. The number of halogens is 3. The van der Waals surface area contributed by atoms with E-state index in [4.69, 9.17) is 0 Å². The molecule has 1 aliphatic heterocycles. The number of hydrogen-bond acceptors (Lipinski definition) is 6. The highest BCUT2D eigenvalue weighted by Crippen LogP contribution is 2.21. The maximum atomic E-state index is 12.9. The van der Waals surface area contributed by atoms with Crippen LogP contribution in [0.3, 0.4) is 0 Å². The summed E-state index contributed by atoms with van der Waals surface area (Å²) in [5.41, 5.74) is 0.687. The van der Waals surface area contributed by atoms with Gasteiger partial charge in [0.25, 0.3) is 15.9 Å². The van der Waals surface area contributed by atoms with Crippen molar-refractivity contribution < 1.29 is 31.1 Å². The average Bonchev–Trinajstić information content (AvgIpc) is 3.29. The number of sulfonamides is 1. The van der Waals surface area contributed by atoms with E-state index in [1.807, 2.05) is 0 Å². The van der Waals surface area contributed by atoms with Crippen LogP contribution >= 0.6 is 11.3 Å². The van der Waals surface area contributed by atoms with Crippen molar-refractivity contribution >= 4 is 33.0 Å². The Morgan fingerprint density at radius 3 is 2.53 bits per heavy atom. The molecule has 0 radical (unpaired) electrons. The van der Waals surface area contributed by atoms with Gasteiger partial charge >= 0.3 is 6.18 Å². The predicted molar refractivity (Wildman–Crippen MR) is 115 cm³/mol. The molecule has 176 valence electrons. The number of nitrogens with zero attached hydrogens (tertiary/aromatic N) is 2. The number of carbonyl (C=O) groups is 1. The maximum absolute atomic E-state index is 12.9. The fourth-order valence-electron chi connectivity index (χ4n) is 3.27. The normalized spacial score (nSPS) is 15.7. The largest absolute Gasteiger partial charge is 0.411 e. The molecule has 1 aromatic heterocycles. The third-order valence-electron chi connectivity index (χ3n) is 4.81.